The standard InChI is InChI=1S/C10H9ClN2OS/c11-8-3-1-2-7(4-8)5-10(14)9-6-15-13-12-9/h1-4,6,10,14H,5H2. The van der Waals surface area contributed by atoms with Crippen molar-refractivity contribution in [1.29, 1.82) is 0 Å². The Hall–Kier alpha value is -0.970. The normalized spacial score (nSPS) is 12.7. The molecule has 1 heterocycles. The highest BCUT2D eigenvalue weighted by atomic mass is 35.5. The Kier molecular flexibility index (Phi) is 3.30. The van der Waals surface area contributed by atoms with Crippen LogP contribution in [-0.4, -0.2) is 14.7 Å². The highest BCUT2D eigenvalue weighted by molar-refractivity contribution is 7.03. The summed E-state index contributed by atoms with van der Waals surface area (Å²) in [4.78, 5) is 0. The van der Waals surface area contributed by atoms with Gasteiger partial charge in [-0.15, -0.1) is 5.10 Å². The maximum atomic E-state index is 9.81. The number of hydrogen-bond acceptors (Lipinski definition) is 4. The molecule has 0 aliphatic heterocycles. The van der Waals surface area contributed by atoms with E-state index >= 15 is 0 Å². The van der Waals surface area contributed by atoms with Crippen LogP contribution in [0.15, 0.2) is 29.6 Å². The first-order valence-corrected chi connectivity index (χ1v) is 5.66. The quantitative estimate of drug-likeness (QED) is 0.897. The Morgan fingerprint density at radius 2 is 2.33 bits per heavy atom. The summed E-state index contributed by atoms with van der Waals surface area (Å²) < 4.78 is 3.71. The second-order valence-electron chi connectivity index (χ2n) is 3.18. The predicted molar refractivity (Wildman–Crippen MR) is 60.0 cm³/mol. The molecule has 0 fully saturated rings. The molecule has 2 aromatic rings. The lowest BCUT2D eigenvalue weighted by molar-refractivity contribution is 0.173. The highest BCUT2D eigenvalue weighted by Gasteiger charge is 2.11. The van der Waals surface area contributed by atoms with Gasteiger partial charge in [0.1, 0.15) is 11.8 Å². The third-order valence-electron chi connectivity index (χ3n) is 2.04. The Balaban J connectivity index is 2.09. The topological polar surface area (TPSA) is 46.0 Å². The van der Waals surface area contributed by atoms with Gasteiger partial charge in [0.25, 0.3) is 0 Å². The van der Waals surface area contributed by atoms with E-state index in [4.69, 9.17) is 11.6 Å². The number of nitrogens with zero attached hydrogens (tertiary/aromatic N) is 2. The third kappa shape index (κ3) is 2.75. The number of hydrogen-bond donors (Lipinski definition) is 1. The minimum absolute atomic E-state index is 0.506. The molecule has 0 bridgehead atoms. The summed E-state index contributed by atoms with van der Waals surface area (Å²) in [6.07, 6.45) is -0.103. The number of benzene rings is 1. The fourth-order valence-electron chi connectivity index (χ4n) is 1.31. The van der Waals surface area contributed by atoms with Gasteiger partial charge in [-0.2, -0.15) is 0 Å². The SMILES string of the molecule is OC(Cc1cccc(Cl)c1)c1csnn1. The maximum Gasteiger partial charge on any atom is 0.104 e. The number of aromatic nitrogens is 2. The summed E-state index contributed by atoms with van der Waals surface area (Å²) >= 11 is 7.08. The molecule has 0 amide bonds. The number of rotatable bonds is 3. The minimum atomic E-state index is -0.609. The van der Waals surface area contributed by atoms with E-state index in [1.165, 1.54) is 11.5 Å². The van der Waals surface area contributed by atoms with Crippen LogP contribution in [0, 0.1) is 0 Å². The molecule has 78 valence electrons. The monoisotopic (exact) mass is 240 g/mol. The van der Waals surface area contributed by atoms with E-state index in [9.17, 15) is 5.11 Å². The average molecular weight is 241 g/mol. The summed E-state index contributed by atoms with van der Waals surface area (Å²) in [6, 6.07) is 7.44. The predicted octanol–water partition coefficient (Wildman–Crippen LogP) is 2.47. The molecule has 1 aromatic carbocycles. The molecule has 1 atom stereocenters. The van der Waals surface area contributed by atoms with Gasteiger partial charge in [0.2, 0.25) is 0 Å². The van der Waals surface area contributed by atoms with Crippen molar-refractivity contribution >= 4 is 23.1 Å². The Morgan fingerprint density at radius 1 is 1.47 bits per heavy atom. The molecule has 2 rings (SSSR count). The first kappa shape index (κ1) is 10.5. The second kappa shape index (κ2) is 4.70. The van der Waals surface area contributed by atoms with Crippen molar-refractivity contribution in [3.63, 3.8) is 0 Å². The van der Waals surface area contributed by atoms with Crippen LogP contribution in [0.5, 0.6) is 0 Å². The van der Waals surface area contributed by atoms with Crippen LogP contribution in [0.4, 0.5) is 0 Å². The Morgan fingerprint density at radius 3 is 3.00 bits per heavy atom. The van der Waals surface area contributed by atoms with Crippen molar-refractivity contribution in [3.8, 4) is 0 Å². The van der Waals surface area contributed by atoms with Crippen molar-refractivity contribution in [2.24, 2.45) is 0 Å². The second-order valence-corrected chi connectivity index (χ2v) is 4.23. The van der Waals surface area contributed by atoms with Crippen LogP contribution in [0.3, 0.4) is 0 Å². The zero-order chi connectivity index (χ0) is 10.7. The maximum absolute atomic E-state index is 9.81. The van der Waals surface area contributed by atoms with E-state index in [0.717, 1.165) is 5.56 Å². The molecule has 1 N–H and O–H groups in total. The van der Waals surface area contributed by atoms with Crippen LogP contribution >= 0.6 is 23.1 Å². The summed E-state index contributed by atoms with van der Waals surface area (Å²) in [6.45, 7) is 0. The van der Waals surface area contributed by atoms with Crippen LogP contribution in [0.25, 0.3) is 0 Å². The molecule has 0 saturated heterocycles. The fourth-order valence-corrected chi connectivity index (χ4v) is 2.02. The molecule has 3 nitrogen and oxygen atoms in total. The Bertz CT molecular complexity index is 433. The summed E-state index contributed by atoms with van der Waals surface area (Å²) in [7, 11) is 0. The molecule has 0 aliphatic carbocycles. The van der Waals surface area contributed by atoms with E-state index in [2.05, 4.69) is 9.59 Å². The minimum Gasteiger partial charge on any atom is -0.386 e. The van der Waals surface area contributed by atoms with Gasteiger partial charge in [0.15, 0.2) is 0 Å². The lowest BCUT2D eigenvalue weighted by Crippen LogP contribution is -2.02. The van der Waals surface area contributed by atoms with E-state index < -0.39 is 6.10 Å². The van der Waals surface area contributed by atoms with Crippen LogP contribution < -0.4 is 0 Å². The van der Waals surface area contributed by atoms with Crippen LogP contribution in [0.2, 0.25) is 5.02 Å². The smallest absolute Gasteiger partial charge is 0.104 e. The zero-order valence-electron chi connectivity index (χ0n) is 7.80. The molecular formula is C10H9ClN2OS. The molecular weight excluding hydrogens is 232 g/mol. The van der Waals surface area contributed by atoms with Gasteiger partial charge in [-0.1, -0.05) is 28.2 Å². The van der Waals surface area contributed by atoms with Crippen molar-refractivity contribution in [2.75, 3.05) is 0 Å². The third-order valence-corrected chi connectivity index (χ3v) is 2.79. The lowest BCUT2D eigenvalue weighted by Gasteiger charge is -2.07. The van der Waals surface area contributed by atoms with Gasteiger partial charge in [-0.3, -0.25) is 0 Å². The van der Waals surface area contributed by atoms with Crippen LogP contribution in [0.1, 0.15) is 17.4 Å². The van der Waals surface area contributed by atoms with E-state index in [1.54, 1.807) is 5.38 Å². The number of aliphatic hydroxyl groups is 1. The average Bonchev–Trinajstić information content (AvgIpc) is 2.70. The lowest BCUT2D eigenvalue weighted by atomic mass is 10.1. The van der Waals surface area contributed by atoms with Gasteiger partial charge in [0, 0.05) is 16.8 Å². The van der Waals surface area contributed by atoms with E-state index in [-0.39, 0.29) is 0 Å². The van der Waals surface area contributed by atoms with Gasteiger partial charge >= 0.3 is 0 Å². The van der Waals surface area contributed by atoms with E-state index in [0.29, 0.717) is 17.1 Å². The number of aliphatic hydroxyl groups excluding tert-OH is 1. The van der Waals surface area contributed by atoms with Crippen molar-refractivity contribution in [1.82, 2.24) is 9.59 Å². The Labute approximate surface area is 96.5 Å². The van der Waals surface area contributed by atoms with Crippen molar-refractivity contribution < 1.29 is 5.11 Å². The van der Waals surface area contributed by atoms with Gasteiger partial charge < -0.3 is 5.11 Å². The van der Waals surface area contributed by atoms with Crippen LogP contribution in [-0.2, 0) is 6.42 Å². The fraction of sp³-hybridized carbons (Fsp3) is 0.200. The summed E-state index contributed by atoms with van der Waals surface area (Å²) in [5.41, 5.74) is 1.60. The van der Waals surface area contributed by atoms with Gasteiger partial charge in [-0.05, 0) is 29.2 Å². The first-order chi connectivity index (χ1) is 7.25. The van der Waals surface area contributed by atoms with E-state index in [1.807, 2.05) is 24.3 Å². The molecule has 15 heavy (non-hydrogen) atoms. The zero-order valence-corrected chi connectivity index (χ0v) is 9.37. The molecule has 0 radical (unpaired) electrons. The van der Waals surface area contributed by atoms with Gasteiger partial charge in [0.05, 0.1) is 0 Å². The molecule has 1 unspecified atom stereocenters. The summed E-state index contributed by atoms with van der Waals surface area (Å²) in [5, 5.41) is 16.1. The molecule has 5 heteroatoms. The molecule has 0 aliphatic rings. The highest BCUT2D eigenvalue weighted by Crippen LogP contribution is 2.19. The largest absolute Gasteiger partial charge is 0.386 e. The number of halogens is 1. The van der Waals surface area contributed by atoms with Crippen molar-refractivity contribution in [2.45, 2.75) is 12.5 Å². The van der Waals surface area contributed by atoms with Gasteiger partial charge in [-0.25, -0.2) is 0 Å². The van der Waals surface area contributed by atoms with Crippen molar-refractivity contribution in [3.05, 3.63) is 45.9 Å². The molecule has 0 saturated carbocycles. The summed E-state index contributed by atoms with van der Waals surface area (Å²) in [5.74, 6) is 0. The molecule has 0 spiro atoms. The first-order valence-electron chi connectivity index (χ1n) is 4.45. The molecule has 1 aromatic heterocycles.